The van der Waals surface area contributed by atoms with Crippen LogP contribution in [0.25, 0.3) is 0 Å². The third-order valence-electron chi connectivity index (χ3n) is 2.09. The van der Waals surface area contributed by atoms with Crippen LogP contribution in [0.4, 0.5) is 0 Å². The Kier molecular flexibility index (Phi) is 4.42. The maximum absolute atomic E-state index is 5.14. The van der Waals surface area contributed by atoms with Gasteiger partial charge < -0.3 is 10.1 Å². The molecule has 74 valence electrons. The molecule has 1 heterocycles. The molecule has 2 nitrogen and oxygen atoms in total. The third-order valence-corrected chi connectivity index (χ3v) is 3.11. The van der Waals surface area contributed by atoms with Crippen LogP contribution in [-0.2, 0) is 11.3 Å². The van der Waals surface area contributed by atoms with Crippen molar-refractivity contribution >= 4 is 11.3 Å². The molecule has 0 saturated heterocycles. The Hall–Kier alpha value is -0.380. The van der Waals surface area contributed by atoms with E-state index < -0.39 is 0 Å². The summed E-state index contributed by atoms with van der Waals surface area (Å²) in [6.45, 7) is 6.08. The Morgan fingerprint density at radius 1 is 1.62 bits per heavy atom. The summed E-state index contributed by atoms with van der Waals surface area (Å²) in [6, 6.07) is 2.15. The summed E-state index contributed by atoms with van der Waals surface area (Å²) < 4.78 is 5.14. The van der Waals surface area contributed by atoms with Gasteiger partial charge in [-0.3, -0.25) is 0 Å². The lowest BCUT2D eigenvalue weighted by atomic mass is 10.3. The van der Waals surface area contributed by atoms with Crippen LogP contribution in [0.1, 0.15) is 17.4 Å². The highest BCUT2D eigenvalue weighted by molar-refractivity contribution is 7.10. The molecule has 1 aromatic rings. The first-order valence-corrected chi connectivity index (χ1v) is 5.38. The fourth-order valence-electron chi connectivity index (χ4n) is 1.06. The predicted octanol–water partition coefficient (Wildman–Crippen LogP) is 2.18. The van der Waals surface area contributed by atoms with Crippen molar-refractivity contribution in [3.05, 3.63) is 21.9 Å². The van der Waals surface area contributed by atoms with Crippen LogP contribution in [0, 0.1) is 6.92 Å². The topological polar surface area (TPSA) is 21.3 Å². The zero-order chi connectivity index (χ0) is 9.68. The van der Waals surface area contributed by atoms with Crippen LogP contribution in [-0.4, -0.2) is 19.8 Å². The third kappa shape index (κ3) is 3.46. The van der Waals surface area contributed by atoms with Crippen molar-refractivity contribution in [3.8, 4) is 0 Å². The molecule has 3 heteroatoms. The van der Waals surface area contributed by atoms with Gasteiger partial charge in [0.1, 0.15) is 0 Å². The molecule has 0 spiro atoms. The van der Waals surface area contributed by atoms with Gasteiger partial charge in [-0.2, -0.15) is 0 Å². The van der Waals surface area contributed by atoms with E-state index in [0.717, 1.165) is 13.1 Å². The number of methoxy groups -OCH3 is 1. The van der Waals surface area contributed by atoms with Crippen LogP contribution >= 0.6 is 11.3 Å². The number of ether oxygens (including phenoxy) is 1. The van der Waals surface area contributed by atoms with Crippen LogP contribution in [0.5, 0.6) is 0 Å². The SMILES string of the molecule is COC(C)CNCc1sccc1C. The summed E-state index contributed by atoms with van der Waals surface area (Å²) in [5, 5.41) is 5.50. The fourth-order valence-corrected chi connectivity index (χ4v) is 1.93. The molecular weight excluding hydrogens is 182 g/mol. The molecule has 1 aromatic heterocycles. The van der Waals surface area contributed by atoms with Gasteiger partial charge in [-0.05, 0) is 30.9 Å². The minimum absolute atomic E-state index is 0.292. The van der Waals surface area contributed by atoms with Gasteiger partial charge in [-0.15, -0.1) is 11.3 Å². The van der Waals surface area contributed by atoms with Crippen molar-refractivity contribution in [2.45, 2.75) is 26.5 Å². The second kappa shape index (κ2) is 5.37. The Balaban J connectivity index is 2.24. The lowest BCUT2D eigenvalue weighted by Gasteiger charge is -2.10. The average Bonchev–Trinajstić information content (AvgIpc) is 2.52. The highest BCUT2D eigenvalue weighted by Gasteiger charge is 2.01. The van der Waals surface area contributed by atoms with Crippen molar-refractivity contribution in [2.24, 2.45) is 0 Å². The van der Waals surface area contributed by atoms with Gasteiger partial charge in [0.05, 0.1) is 6.10 Å². The van der Waals surface area contributed by atoms with E-state index in [1.807, 2.05) is 0 Å². The summed E-state index contributed by atoms with van der Waals surface area (Å²) >= 11 is 1.81. The van der Waals surface area contributed by atoms with E-state index in [4.69, 9.17) is 4.74 Å². The van der Waals surface area contributed by atoms with Gasteiger partial charge >= 0.3 is 0 Å². The number of aryl methyl sites for hydroxylation is 1. The van der Waals surface area contributed by atoms with E-state index in [2.05, 4.69) is 30.6 Å². The molecule has 0 bridgehead atoms. The van der Waals surface area contributed by atoms with E-state index in [-0.39, 0.29) is 0 Å². The molecule has 0 saturated carbocycles. The molecule has 0 aliphatic carbocycles. The van der Waals surface area contributed by atoms with Crippen molar-refractivity contribution in [2.75, 3.05) is 13.7 Å². The Bertz CT molecular complexity index is 247. The van der Waals surface area contributed by atoms with E-state index in [9.17, 15) is 0 Å². The minimum atomic E-state index is 0.292. The van der Waals surface area contributed by atoms with Gasteiger partial charge in [-0.1, -0.05) is 0 Å². The summed E-state index contributed by atoms with van der Waals surface area (Å²) in [5.74, 6) is 0. The molecule has 0 amide bonds. The number of hydrogen-bond acceptors (Lipinski definition) is 3. The molecular formula is C10H17NOS. The molecule has 13 heavy (non-hydrogen) atoms. The lowest BCUT2D eigenvalue weighted by Crippen LogP contribution is -2.25. The van der Waals surface area contributed by atoms with Crippen molar-refractivity contribution in [3.63, 3.8) is 0 Å². The second-order valence-electron chi connectivity index (χ2n) is 3.20. The molecule has 0 aliphatic heterocycles. The van der Waals surface area contributed by atoms with Crippen molar-refractivity contribution in [1.82, 2.24) is 5.32 Å². The summed E-state index contributed by atoms with van der Waals surface area (Å²) in [7, 11) is 1.74. The quantitative estimate of drug-likeness (QED) is 0.785. The zero-order valence-corrected chi connectivity index (χ0v) is 9.28. The maximum atomic E-state index is 5.14. The fraction of sp³-hybridized carbons (Fsp3) is 0.600. The Morgan fingerprint density at radius 3 is 2.92 bits per heavy atom. The van der Waals surface area contributed by atoms with E-state index >= 15 is 0 Å². The van der Waals surface area contributed by atoms with E-state index in [1.165, 1.54) is 10.4 Å². The van der Waals surface area contributed by atoms with Gasteiger partial charge in [-0.25, -0.2) is 0 Å². The molecule has 1 rings (SSSR count). The number of rotatable bonds is 5. The Morgan fingerprint density at radius 2 is 2.38 bits per heavy atom. The first-order chi connectivity index (χ1) is 6.24. The zero-order valence-electron chi connectivity index (χ0n) is 8.46. The molecule has 1 N–H and O–H groups in total. The molecule has 1 unspecified atom stereocenters. The first-order valence-electron chi connectivity index (χ1n) is 4.50. The summed E-state index contributed by atoms with van der Waals surface area (Å²) in [5.41, 5.74) is 1.38. The monoisotopic (exact) mass is 199 g/mol. The van der Waals surface area contributed by atoms with Crippen LogP contribution in [0.15, 0.2) is 11.4 Å². The second-order valence-corrected chi connectivity index (χ2v) is 4.20. The summed E-state index contributed by atoms with van der Waals surface area (Å²) in [4.78, 5) is 1.42. The predicted molar refractivity (Wildman–Crippen MR) is 57.2 cm³/mol. The summed E-state index contributed by atoms with van der Waals surface area (Å²) in [6.07, 6.45) is 0.292. The highest BCUT2D eigenvalue weighted by atomic mass is 32.1. The Labute approximate surface area is 83.9 Å². The van der Waals surface area contributed by atoms with Crippen molar-refractivity contribution < 1.29 is 4.74 Å². The molecule has 1 atom stereocenters. The molecule has 0 radical (unpaired) electrons. The number of nitrogens with one attached hydrogen (secondary N) is 1. The maximum Gasteiger partial charge on any atom is 0.0667 e. The molecule has 0 aromatic carbocycles. The smallest absolute Gasteiger partial charge is 0.0667 e. The van der Waals surface area contributed by atoms with E-state index in [0.29, 0.717) is 6.10 Å². The van der Waals surface area contributed by atoms with Crippen LogP contribution < -0.4 is 5.32 Å². The standard InChI is InChI=1S/C10H17NOS/c1-8-4-5-13-10(8)7-11-6-9(2)12-3/h4-5,9,11H,6-7H2,1-3H3. The van der Waals surface area contributed by atoms with Gasteiger partial charge in [0, 0.05) is 25.1 Å². The molecule has 0 fully saturated rings. The van der Waals surface area contributed by atoms with Crippen molar-refractivity contribution in [1.29, 1.82) is 0 Å². The minimum Gasteiger partial charge on any atom is -0.380 e. The molecule has 0 aliphatic rings. The number of thiophene rings is 1. The highest BCUT2D eigenvalue weighted by Crippen LogP contribution is 2.14. The van der Waals surface area contributed by atoms with Gasteiger partial charge in [0.25, 0.3) is 0 Å². The number of hydrogen-bond donors (Lipinski definition) is 1. The average molecular weight is 199 g/mol. The van der Waals surface area contributed by atoms with Crippen LogP contribution in [0.3, 0.4) is 0 Å². The van der Waals surface area contributed by atoms with Gasteiger partial charge in [0.15, 0.2) is 0 Å². The van der Waals surface area contributed by atoms with E-state index in [1.54, 1.807) is 18.4 Å². The van der Waals surface area contributed by atoms with Gasteiger partial charge in [0.2, 0.25) is 0 Å². The normalized spacial score (nSPS) is 13.2. The van der Waals surface area contributed by atoms with Crippen LogP contribution in [0.2, 0.25) is 0 Å². The lowest BCUT2D eigenvalue weighted by molar-refractivity contribution is 0.117. The first kappa shape index (κ1) is 10.7. The largest absolute Gasteiger partial charge is 0.380 e.